The van der Waals surface area contributed by atoms with E-state index in [0.29, 0.717) is 37.9 Å². The van der Waals surface area contributed by atoms with E-state index < -0.39 is 0 Å². The van der Waals surface area contributed by atoms with Gasteiger partial charge in [0.1, 0.15) is 5.82 Å². The maximum absolute atomic E-state index is 13.5. The van der Waals surface area contributed by atoms with E-state index in [1.165, 1.54) is 6.07 Å². The molecule has 1 aromatic carbocycles. The highest BCUT2D eigenvalue weighted by atomic mass is 19.1. The van der Waals surface area contributed by atoms with Crippen molar-refractivity contribution in [3.8, 4) is 6.07 Å². The topological polar surface area (TPSA) is 70.7 Å². The summed E-state index contributed by atoms with van der Waals surface area (Å²) < 4.78 is 15.3. The van der Waals surface area contributed by atoms with Crippen LogP contribution in [0.3, 0.4) is 0 Å². The van der Waals surface area contributed by atoms with Crippen LogP contribution >= 0.6 is 0 Å². The largest absolute Gasteiger partial charge is 0.352 e. The number of benzene rings is 1. The number of halogens is 1. The fraction of sp³-hybridized carbons (Fsp3) is 0.421. The zero-order valence-electron chi connectivity index (χ0n) is 14.9. The SMILES string of the molecule is Cc1ccc(CNC(=O)CCc2c(C)nn(CCC#N)c2C)cc1F. The first-order valence-corrected chi connectivity index (χ1v) is 8.34. The predicted molar refractivity (Wildman–Crippen MR) is 93.2 cm³/mol. The van der Waals surface area contributed by atoms with E-state index in [-0.39, 0.29) is 11.7 Å². The second-order valence-corrected chi connectivity index (χ2v) is 6.14. The van der Waals surface area contributed by atoms with Crippen LogP contribution in [0.1, 0.15) is 40.9 Å². The average molecular weight is 342 g/mol. The molecule has 1 amide bonds. The molecule has 6 heteroatoms. The van der Waals surface area contributed by atoms with Gasteiger partial charge in [-0.2, -0.15) is 10.4 Å². The number of nitrogens with one attached hydrogen (secondary N) is 1. The molecule has 0 saturated carbocycles. The molecule has 0 aliphatic carbocycles. The van der Waals surface area contributed by atoms with E-state index in [9.17, 15) is 9.18 Å². The van der Waals surface area contributed by atoms with Crippen LogP contribution in [-0.2, 0) is 24.3 Å². The van der Waals surface area contributed by atoms with Crippen LogP contribution in [0.4, 0.5) is 4.39 Å². The lowest BCUT2D eigenvalue weighted by atomic mass is 10.1. The van der Waals surface area contributed by atoms with E-state index in [0.717, 1.165) is 22.5 Å². The molecule has 25 heavy (non-hydrogen) atoms. The Kier molecular flexibility index (Phi) is 6.29. The first-order chi connectivity index (χ1) is 11.9. The van der Waals surface area contributed by atoms with Gasteiger partial charge < -0.3 is 5.32 Å². The van der Waals surface area contributed by atoms with Gasteiger partial charge in [-0.1, -0.05) is 12.1 Å². The summed E-state index contributed by atoms with van der Waals surface area (Å²) in [6, 6.07) is 7.08. The standard InChI is InChI=1S/C19H23FN4O/c1-13-5-6-16(11-18(13)20)12-22-19(25)8-7-17-14(2)23-24(15(17)3)10-4-9-21/h5-6,11H,4,7-8,10,12H2,1-3H3,(H,22,25). The summed E-state index contributed by atoms with van der Waals surface area (Å²) in [5.74, 6) is -0.340. The highest BCUT2D eigenvalue weighted by Gasteiger charge is 2.13. The Labute approximate surface area is 147 Å². The third-order valence-electron chi connectivity index (χ3n) is 4.29. The maximum atomic E-state index is 13.5. The van der Waals surface area contributed by atoms with E-state index >= 15 is 0 Å². The Morgan fingerprint density at radius 2 is 2.12 bits per heavy atom. The molecule has 2 rings (SSSR count). The summed E-state index contributed by atoms with van der Waals surface area (Å²) in [6.45, 7) is 6.46. The van der Waals surface area contributed by atoms with Gasteiger partial charge in [0.2, 0.25) is 5.91 Å². The van der Waals surface area contributed by atoms with Gasteiger partial charge in [0.05, 0.1) is 24.7 Å². The van der Waals surface area contributed by atoms with Crippen molar-refractivity contribution >= 4 is 5.91 Å². The Hall–Kier alpha value is -2.68. The average Bonchev–Trinajstić information content (AvgIpc) is 2.85. The number of aryl methyl sites for hydroxylation is 3. The summed E-state index contributed by atoms with van der Waals surface area (Å²) >= 11 is 0. The highest BCUT2D eigenvalue weighted by Crippen LogP contribution is 2.15. The van der Waals surface area contributed by atoms with Crippen molar-refractivity contribution in [2.75, 3.05) is 0 Å². The number of hydrogen-bond donors (Lipinski definition) is 1. The number of rotatable bonds is 7. The smallest absolute Gasteiger partial charge is 0.220 e. The minimum absolute atomic E-state index is 0.0791. The molecule has 0 unspecified atom stereocenters. The summed E-state index contributed by atoms with van der Waals surface area (Å²) in [6.07, 6.45) is 1.35. The van der Waals surface area contributed by atoms with Gasteiger partial charge in [-0.05, 0) is 49.9 Å². The van der Waals surface area contributed by atoms with Crippen LogP contribution < -0.4 is 5.32 Å². The molecular formula is C19H23FN4O. The van der Waals surface area contributed by atoms with Gasteiger partial charge in [0.25, 0.3) is 0 Å². The molecule has 0 aliphatic rings. The second kappa shape index (κ2) is 8.43. The molecule has 0 radical (unpaired) electrons. The minimum Gasteiger partial charge on any atom is -0.352 e. The monoisotopic (exact) mass is 342 g/mol. The van der Waals surface area contributed by atoms with E-state index in [2.05, 4.69) is 16.5 Å². The molecule has 2 aromatic rings. The van der Waals surface area contributed by atoms with Gasteiger partial charge in [0, 0.05) is 18.7 Å². The van der Waals surface area contributed by atoms with E-state index in [4.69, 9.17) is 5.26 Å². The fourth-order valence-electron chi connectivity index (χ4n) is 2.74. The molecule has 132 valence electrons. The molecule has 0 atom stereocenters. The third kappa shape index (κ3) is 4.90. The third-order valence-corrected chi connectivity index (χ3v) is 4.29. The Balaban J connectivity index is 1.88. The first-order valence-electron chi connectivity index (χ1n) is 8.34. The molecule has 0 bridgehead atoms. The lowest BCUT2D eigenvalue weighted by Crippen LogP contribution is -2.23. The van der Waals surface area contributed by atoms with Gasteiger partial charge >= 0.3 is 0 Å². The number of amides is 1. The number of hydrogen-bond acceptors (Lipinski definition) is 3. The molecular weight excluding hydrogens is 319 g/mol. The fourth-order valence-corrected chi connectivity index (χ4v) is 2.74. The Bertz CT molecular complexity index is 804. The first kappa shape index (κ1) is 18.7. The zero-order chi connectivity index (χ0) is 18.4. The zero-order valence-corrected chi connectivity index (χ0v) is 14.9. The quantitative estimate of drug-likeness (QED) is 0.840. The molecule has 1 heterocycles. The Morgan fingerprint density at radius 3 is 2.80 bits per heavy atom. The highest BCUT2D eigenvalue weighted by molar-refractivity contribution is 5.76. The van der Waals surface area contributed by atoms with Crippen molar-refractivity contribution in [1.29, 1.82) is 5.26 Å². The predicted octanol–water partition coefficient (Wildman–Crippen LogP) is 3.11. The number of carbonyl (C=O) groups excluding carboxylic acids is 1. The lowest BCUT2D eigenvalue weighted by Gasteiger charge is -2.07. The molecule has 1 N–H and O–H groups in total. The second-order valence-electron chi connectivity index (χ2n) is 6.14. The number of nitriles is 1. The van der Waals surface area contributed by atoms with Crippen LogP contribution in [0, 0.1) is 37.9 Å². The van der Waals surface area contributed by atoms with Crippen LogP contribution in [0.25, 0.3) is 0 Å². The van der Waals surface area contributed by atoms with Crippen molar-refractivity contribution in [2.24, 2.45) is 0 Å². The van der Waals surface area contributed by atoms with Gasteiger partial charge in [0.15, 0.2) is 0 Å². The normalized spacial score (nSPS) is 10.5. The van der Waals surface area contributed by atoms with E-state index in [1.807, 2.05) is 24.6 Å². The molecule has 0 aliphatic heterocycles. The molecule has 0 fully saturated rings. The lowest BCUT2D eigenvalue weighted by molar-refractivity contribution is -0.121. The molecule has 5 nitrogen and oxygen atoms in total. The van der Waals surface area contributed by atoms with Crippen molar-refractivity contribution in [2.45, 2.75) is 53.1 Å². The molecule has 1 aromatic heterocycles. The van der Waals surface area contributed by atoms with Gasteiger partial charge in [-0.15, -0.1) is 0 Å². The number of carbonyl (C=O) groups is 1. The number of aromatic nitrogens is 2. The summed E-state index contributed by atoms with van der Waals surface area (Å²) in [7, 11) is 0. The molecule has 0 saturated heterocycles. The summed E-state index contributed by atoms with van der Waals surface area (Å²) in [5.41, 5.74) is 4.28. The molecule has 0 spiro atoms. The van der Waals surface area contributed by atoms with Crippen LogP contribution in [-0.4, -0.2) is 15.7 Å². The number of nitrogens with zero attached hydrogens (tertiary/aromatic N) is 3. The summed E-state index contributed by atoms with van der Waals surface area (Å²) in [4.78, 5) is 12.1. The Morgan fingerprint density at radius 1 is 1.36 bits per heavy atom. The van der Waals surface area contributed by atoms with E-state index in [1.54, 1.807) is 13.0 Å². The van der Waals surface area contributed by atoms with Crippen LogP contribution in [0.15, 0.2) is 18.2 Å². The van der Waals surface area contributed by atoms with Crippen molar-refractivity contribution in [3.63, 3.8) is 0 Å². The van der Waals surface area contributed by atoms with Crippen LogP contribution in [0.2, 0.25) is 0 Å². The maximum Gasteiger partial charge on any atom is 0.220 e. The summed E-state index contributed by atoms with van der Waals surface area (Å²) in [5, 5.41) is 15.9. The van der Waals surface area contributed by atoms with Gasteiger partial charge in [-0.25, -0.2) is 4.39 Å². The minimum atomic E-state index is -0.261. The van der Waals surface area contributed by atoms with Crippen molar-refractivity contribution < 1.29 is 9.18 Å². The van der Waals surface area contributed by atoms with Crippen molar-refractivity contribution in [3.05, 3.63) is 52.1 Å². The van der Waals surface area contributed by atoms with Crippen molar-refractivity contribution in [1.82, 2.24) is 15.1 Å². The van der Waals surface area contributed by atoms with Gasteiger partial charge in [-0.3, -0.25) is 9.48 Å². The van der Waals surface area contributed by atoms with Crippen LogP contribution in [0.5, 0.6) is 0 Å².